The van der Waals surface area contributed by atoms with Crippen LogP contribution in [0.3, 0.4) is 0 Å². The first kappa shape index (κ1) is 20.3. The zero-order valence-electron chi connectivity index (χ0n) is 17.9. The molecule has 32 heavy (non-hydrogen) atoms. The highest BCUT2D eigenvalue weighted by molar-refractivity contribution is 6.44. The van der Waals surface area contributed by atoms with Gasteiger partial charge in [-0.2, -0.15) is 0 Å². The lowest BCUT2D eigenvalue weighted by Crippen LogP contribution is -2.50. The van der Waals surface area contributed by atoms with Gasteiger partial charge in [-0.05, 0) is 31.4 Å². The topological polar surface area (TPSA) is 82.7 Å². The number of carbonyl (C=O) groups excluding carboxylic acids is 3. The molecule has 164 valence electrons. The Morgan fingerprint density at radius 2 is 1.69 bits per heavy atom. The fraction of sp³-hybridized carbons (Fsp3) is 0.320. The molecule has 0 aliphatic carbocycles. The first-order valence-corrected chi connectivity index (χ1v) is 11.0. The van der Waals surface area contributed by atoms with Gasteiger partial charge in [-0.3, -0.25) is 14.5 Å². The van der Waals surface area contributed by atoms with Crippen molar-refractivity contribution in [2.24, 2.45) is 0 Å². The molecule has 5 rings (SSSR count). The van der Waals surface area contributed by atoms with E-state index in [1.54, 1.807) is 16.0 Å². The maximum Gasteiger partial charge on any atom is 0.411 e. The zero-order valence-corrected chi connectivity index (χ0v) is 17.9. The Labute approximate surface area is 185 Å². The van der Waals surface area contributed by atoms with Crippen LogP contribution in [0.1, 0.15) is 41.8 Å². The number of cyclic esters (lactones) is 1. The molecule has 2 atom stereocenters. The number of fused-ring (bicyclic) bond motifs is 1. The van der Waals surface area contributed by atoms with Gasteiger partial charge in [0.15, 0.2) is 0 Å². The van der Waals surface area contributed by atoms with Gasteiger partial charge < -0.3 is 14.6 Å². The summed E-state index contributed by atoms with van der Waals surface area (Å²) in [5.74, 6) is -0.994. The number of piperidine rings is 1. The van der Waals surface area contributed by atoms with E-state index in [4.69, 9.17) is 4.74 Å². The Bertz CT molecular complexity index is 1160. The number of H-pyrrole nitrogens is 1. The third-order valence-electron chi connectivity index (χ3n) is 6.62. The van der Waals surface area contributed by atoms with Crippen LogP contribution in [0.4, 0.5) is 4.79 Å². The van der Waals surface area contributed by atoms with E-state index in [1.165, 1.54) is 0 Å². The van der Waals surface area contributed by atoms with Gasteiger partial charge in [-0.15, -0.1) is 0 Å². The summed E-state index contributed by atoms with van der Waals surface area (Å²) in [4.78, 5) is 44.8. The fourth-order valence-electron chi connectivity index (χ4n) is 4.92. The average molecular weight is 431 g/mol. The van der Waals surface area contributed by atoms with Crippen molar-refractivity contribution in [3.63, 3.8) is 0 Å². The van der Waals surface area contributed by atoms with Crippen molar-refractivity contribution >= 4 is 28.7 Å². The lowest BCUT2D eigenvalue weighted by molar-refractivity contribution is -0.127. The molecule has 7 heteroatoms. The molecular formula is C25H25N3O4. The molecule has 0 radical (unpaired) electrons. The molecule has 7 nitrogen and oxygen atoms in total. The quantitative estimate of drug-likeness (QED) is 0.501. The Balaban J connectivity index is 1.24. The number of benzene rings is 2. The monoisotopic (exact) mass is 431 g/mol. The van der Waals surface area contributed by atoms with Gasteiger partial charge in [0.1, 0.15) is 6.10 Å². The highest BCUT2D eigenvalue weighted by atomic mass is 16.6. The van der Waals surface area contributed by atoms with Crippen LogP contribution in [0.2, 0.25) is 0 Å². The molecule has 2 saturated heterocycles. The van der Waals surface area contributed by atoms with Crippen LogP contribution in [-0.4, -0.2) is 57.7 Å². The fourth-order valence-corrected chi connectivity index (χ4v) is 4.92. The van der Waals surface area contributed by atoms with E-state index in [2.05, 4.69) is 4.98 Å². The van der Waals surface area contributed by atoms with E-state index in [9.17, 15) is 14.4 Å². The number of hydrogen-bond donors (Lipinski definition) is 1. The summed E-state index contributed by atoms with van der Waals surface area (Å²) in [6, 6.07) is 17.1. The number of nitrogens with zero attached hydrogens (tertiary/aromatic N) is 2. The first-order valence-electron chi connectivity index (χ1n) is 11.0. The van der Waals surface area contributed by atoms with Crippen LogP contribution in [0.25, 0.3) is 10.9 Å². The predicted octanol–water partition coefficient (Wildman–Crippen LogP) is 3.92. The number of rotatable bonds is 4. The molecule has 0 spiro atoms. The van der Waals surface area contributed by atoms with Crippen molar-refractivity contribution in [3.8, 4) is 0 Å². The van der Waals surface area contributed by atoms with Crippen LogP contribution < -0.4 is 0 Å². The lowest BCUT2D eigenvalue weighted by Gasteiger charge is -2.37. The van der Waals surface area contributed by atoms with Gasteiger partial charge >= 0.3 is 6.09 Å². The van der Waals surface area contributed by atoms with E-state index in [0.717, 1.165) is 16.5 Å². The van der Waals surface area contributed by atoms with E-state index in [0.29, 0.717) is 31.5 Å². The second kappa shape index (κ2) is 8.15. The Morgan fingerprint density at radius 1 is 1.00 bits per heavy atom. The SMILES string of the molecule is CC1C(c2ccccc2)OC(=O)N1C1CCN(C(=O)C(=O)c2c[nH]c3ccccc23)CC1. The highest BCUT2D eigenvalue weighted by Gasteiger charge is 2.44. The summed E-state index contributed by atoms with van der Waals surface area (Å²) < 4.78 is 5.68. The molecule has 2 unspecified atom stereocenters. The number of aromatic nitrogens is 1. The van der Waals surface area contributed by atoms with Crippen LogP contribution in [0.5, 0.6) is 0 Å². The minimum Gasteiger partial charge on any atom is -0.439 e. The largest absolute Gasteiger partial charge is 0.439 e. The third kappa shape index (κ3) is 3.43. The van der Waals surface area contributed by atoms with Crippen molar-refractivity contribution in [2.45, 2.75) is 38.0 Å². The van der Waals surface area contributed by atoms with E-state index < -0.39 is 11.7 Å². The Hall–Kier alpha value is -3.61. The summed E-state index contributed by atoms with van der Waals surface area (Å²) in [6.07, 6.45) is 2.23. The highest BCUT2D eigenvalue weighted by Crippen LogP contribution is 2.35. The zero-order chi connectivity index (χ0) is 22.2. The third-order valence-corrected chi connectivity index (χ3v) is 6.62. The number of aromatic amines is 1. The van der Waals surface area contributed by atoms with Crippen molar-refractivity contribution < 1.29 is 19.1 Å². The number of ether oxygens (including phenoxy) is 1. The normalized spacial score (nSPS) is 21.7. The second-order valence-corrected chi connectivity index (χ2v) is 8.46. The lowest BCUT2D eigenvalue weighted by atomic mass is 9.98. The van der Waals surface area contributed by atoms with Crippen LogP contribution >= 0.6 is 0 Å². The molecule has 2 amide bonds. The number of amides is 2. The molecule has 3 heterocycles. The number of likely N-dealkylation sites (tertiary alicyclic amines) is 1. The predicted molar refractivity (Wildman–Crippen MR) is 119 cm³/mol. The second-order valence-electron chi connectivity index (χ2n) is 8.46. The molecule has 0 bridgehead atoms. The average Bonchev–Trinajstić information content (AvgIpc) is 3.39. The molecule has 1 aromatic heterocycles. The van der Waals surface area contributed by atoms with E-state index in [-0.39, 0.29) is 24.3 Å². The van der Waals surface area contributed by atoms with Crippen LogP contribution in [-0.2, 0) is 9.53 Å². The summed E-state index contributed by atoms with van der Waals surface area (Å²) in [6.45, 7) is 2.87. The number of carbonyl (C=O) groups is 3. The molecule has 1 N–H and O–H groups in total. The standard InChI is InChI=1S/C25H25N3O4/c1-16-23(17-7-3-2-4-8-17)32-25(31)28(16)18-11-13-27(14-12-18)24(30)22(29)20-15-26-21-10-6-5-9-19(20)21/h2-10,15-16,18,23,26H,11-14H2,1H3. The number of Topliss-reactive ketones (excluding diaryl/α,β-unsaturated/α-hetero) is 1. The van der Waals surface area contributed by atoms with Crippen molar-refractivity contribution in [2.75, 3.05) is 13.1 Å². The maximum absolute atomic E-state index is 12.9. The molecular weight excluding hydrogens is 406 g/mol. The van der Waals surface area contributed by atoms with Crippen molar-refractivity contribution in [3.05, 3.63) is 71.9 Å². The molecule has 2 fully saturated rings. The van der Waals surface area contributed by atoms with Gasteiger partial charge in [0.25, 0.3) is 11.7 Å². The van der Waals surface area contributed by atoms with Gasteiger partial charge in [0.05, 0.1) is 11.6 Å². The molecule has 2 aliphatic heterocycles. The maximum atomic E-state index is 12.9. The van der Waals surface area contributed by atoms with Crippen LogP contribution in [0.15, 0.2) is 60.8 Å². The summed E-state index contributed by atoms with van der Waals surface area (Å²) in [5.41, 5.74) is 2.21. The smallest absolute Gasteiger partial charge is 0.411 e. The number of ketones is 1. The Kier molecular flexibility index (Phi) is 5.17. The van der Waals surface area contributed by atoms with E-state index >= 15 is 0 Å². The van der Waals surface area contributed by atoms with E-state index in [1.807, 2.05) is 61.5 Å². The summed E-state index contributed by atoms with van der Waals surface area (Å²) in [7, 11) is 0. The Morgan fingerprint density at radius 3 is 2.44 bits per heavy atom. The number of para-hydroxylation sites is 1. The van der Waals surface area contributed by atoms with Crippen LogP contribution in [0, 0.1) is 0 Å². The number of hydrogen-bond acceptors (Lipinski definition) is 4. The molecule has 2 aromatic carbocycles. The van der Waals surface area contributed by atoms with Crippen molar-refractivity contribution in [1.29, 1.82) is 0 Å². The van der Waals surface area contributed by atoms with Crippen molar-refractivity contribution in [1.82, 2.24) is 14.8 Å². The molecule has 2 aliphatic rings. The minimum atomic E-state index is -0.501. The summed E-state index contributed by atoms with van der Waals surface area (Å²) >= 11 is 0. The van der Waals surface area contributed by atoms with Gasteiger partial charge in [-0.1, -0.05) is 48.5 Å². The molecule has 3 aromatic rings. The molecule has 0 saturated carbocycles. The minimum absolute atomic E-state index is 0.0153. The summed E-state index contributed by atoms with van der Waals surface area (Å²) in [5, 5.41) is 0.751. The first-order chi connectivity index (χ1) is 15.5. The van der Waals surface area contributed by atoms with Gasteiger partial charge in [0, 0.05) is 36.2 Å². The number of nitrogens with one attached hydrogen (secondary N) is 1. The van der Waals surface area contributed by atoms with Gasteiger partial charge in [-0.25, -0.2) is 4.79 Å². The van der Waals surface area contributed by atoms with Gasteiger partial charge in [0.2, 0.25) is 0 Å².